The summed E-state index contributed by atoms with van der Waals surface area (Å²) in [6.45, 7) is 1.74. The lowest BCUT2D eigenvalue weighted by atomic mass is 10.0. The molecule has 4 nitrogen and oxygen atoms in total. The predicted octanol–water partition coefficient (Wildman–Crippen LogP) is 3.43. The summed E-state index contributed by atoms with van der Waals surface area (Å²) < 4.78 is 18.3. The standard InChI is InChI=1S/C17H19FN2O2/c18-15-7-4-13(5-8-15)17-14(12-19-22-17)6-9-16(21)20-10-2-1-3-11-20/h4-5,7-8,12H,1-3,6,9-11H2. The van der Waals surface area contributed by atoms with Crippen LogP contribution in [0.1, 0.15) is 31.2 Å². The number of rotatable bonds is 4. The highest BCUT2D eigenvalue weighted by Crippen LogP contribution is 2.25. The van der Waals surface area contributed by atoms with Crippen molar-refractivity contribution in [3.8, 4) is 11.3 Å². The molecule has 1 aromatic heterocycles. The molecule has 1 saturated heterocycles. The van der Waals surface area contributed by atoms with E-state index in [2.05, 4.69) is 5.16 Å². The Morgan fingerprint density at radius 1 is 1.18 bits per heavy atom. The van der Waals surface area contributed by atoms with Crippen LogP contribution in [0.25, 0.3) is 11.3 Å². The van der Waals surface area contributed by atoms with Crippen molar-refractivity contribution in [2.45, 2.75) is 32.1 Å². The largest absolute Gasteiger partial charge is 0.356 e. The SMILES string of the molecule is O=C(CCc1cnoc1-c1ccc(F)cc1)N1CCCCC1. The number of hydrogen-bond acceptors (Lipinski definition) is 3. The third-order valence-electron chi connectivity index (χ3n) is 4.07. The molecular weight excluding hydrogens is 283 g/mol. The lowest BCUT2D eigenvalue weighted by Crippen LogP contribution is -2.35. The van der Waals surface area contributed by atoms with Crippen LogP contribution in [0.15, 0.2) is 35.0 Å². The molecule has 0 radical (unpaired) electrons. The minimum absolute atomic E-state index is 0.186. The Labute approximate surface area is 128 Å². The first-order valence-corrected chi connectivity index (χ1v) is 7.71. The van der Waals surface area contributed by atoms with Gasteiger partial charge in [0.25, 0.3) is 0 Å². The molecule has 0 atom stereocenters. The number of nitrogens with zero attached hydrogens (tertiary/aromatic N) is 2. The number of hydrogen-bond donors (Lipinski definition) is 0. The molecule has 1 fully saturated rings. The van der Waals surface area contributed by atoms with Gasteiger partial charge in [-0.05, 0) is 49.9 Å². The molecule has 3 rings (SSSR count). The number of piperidine rings is 1. The predicted molar refractivity (Wildman–Crippen MR) is 80.6 cm³/mol. The molecule has 1 aliphatic rings. The van der Waals surface area contributed by atoms with Crippen molar-refractivity contribution in [3.63, 3.8) is 0 Å². The molecule has 0 spiro atoms. The molecule has 116 valence electrons. The molecule has 2 heterocycles. The fourth-order valence-electron chi connectivity index (χ4n) is 2.82. The van der Waals surface area contributed by atoms with Gasteiger partial charge in [0.1, 0.15) is 5.82 Å². The van der Waals surface area contributed by atoms with E-state index < -0.39 is 0 Å². The van der Waals surface area contributed by atoms with Crippen molar-refractivity contribution in [1.82, 2.24) is 10.1 Å². The van der Waals surface area contributed by atoms with Crippen LogP contribution in [0.4, 0.5) is 4.39 Å². The number of aryl methyl sites for hydroxylation is 1. The fraction of sp³-hybridized carbons (Fsp3) is 0.412. The Hall–Kier alpha value is -2.17. The van der Waals surface area contributed by atoms with Crippen LogP contribution in [0, 0.1) is 5.82 Å². The zero-order valence-corrected chi connectivity index (χ0v) is 12.4. The lowest BCUT2D eigenvalue weighted by Gasteiger charge is -2.26. The zero-order chi connectivity index (χ0) is 15.4. The maximum atomic E-state index is 13.0. The zero-order valence-electron chi connectivity index (χ0n) is 12.4. The Bertz CT molecular complexity index is 630. The van der Waals surface area contributed by atoms with Crippen LogP contribution in [0.2, 0.25) is 0 Å². The Kier molecular flexibility index (Phi) is 4.51. The molecule has 0 unspecified atom stereocenters. The van der Waals surface area contributed by atoms with Crippen LogP contribution < -0.4 is 0 Å². The van der Waals surface area contributed by atoms with E-state index in [1.54, 1.807) is 18.3 Å². The van der Waals surface area contributed by atoms with Gasteiger partial charge in [-0.3, -0.25) is 4.79 Å². The summed E-state index contributed by atoms with van der Waals surface area (Å²) >= 11 is 0. The van der Waals surface area contributed by atoms with Gasteiger partial charge < -0.3 is 9.42 Å². The molecule has 22 heavy (non-hydrogen) atoms. The third kappa shape index (κ3) is 3.35. The second-order valence-electron chi connectivity index (χ2n) is 5.63. The maximum Gasteiger partial charge on any atom is 0.222 e. The molecule has 1 aromatic carbocycles. The van der Waals surface area contributed by atoms with Crippen molar-refractivity contribution in [2.75, 3.05) is 13.1 Å². The highest BCUT2D eigenvalue weighted by molar-refractivity contribution is 5.77. The number of amides is 1. The van der Waals surface area contributed by atoms with Gasteiger partial charge in [0.15, 0.2) is 5.76 Å². The van der Waals surface area contributed by atoms with Crippen molar-refractivity contribution >= 4 is 5.91 Å². The van der Waals surface area contributed by atoms with E-state index in [-0.39, 0.29) is 11.7 Å². The second kappa shape index (κ2) is 6.73. The normalized spacial score (nSPS) is 15.0. The van der Waals surface area contributed by atoms with Gasteiger partial charge in [-0.2, -0.15) is 0 Å². The van der Waals surface area contributed by atoms with E-state index in [1.165, 1.54) is 18.6 Å². The second-order valence-corrected chi connectivity index (χ2v) is 5.63. The molecule has 1 aliphatic heterocycles. The lowest BCUT2D eigenvalue weighted by molar-refractivity contribution is -0.132. The molecule has 2 aromatic rings. The summed E-state index contributed by atoms with van der Waals surface area (Å²) in [7, 11) is 0. The summed E-state index contributed by atoms with van der Waals surface area (Å²) in [4.78, 5) is 14.2. The van der Waals surface area contributed by atoms with E-state index in [9.17, 15) is 9.18 Å². The molecule has 0 aliphatic carbocycles. The van der Waals surface area contributed by atoms with Gasteiger partial charge in [-0.15, -0.1) is 0 Å². The number of aromatic nitrogens is 1. The van der Waals surface area contributed by atoms with Gasteiger partial charge in [-0.1, -0.05) is 5.16 Å². The monoisotopic (exact) mass is 302 g/mol. The number of carbonyl (C=O) groups excluding carboxylic acids is 1. The Morgan fingerprint density at radius 3 is 2.64 bits per heavy atom. The first-order valence-electron chi connectivity index (χ1n) is 7.71. The average Bonchev–Trinajstić information content (AvgIpc) is 3.02. The van der Waals surface area contributed by atoms with Crippen LogP contribution in [-0.2, 0) is 11.2 Å². The molecule has 0 bridgehead atoms. The summed E-state index contributed by atoms with van der Waals surface area (Å²) in [6, 6.07) is 6.10. The maximum absolute atomic E-state index is 13.0. The van der Waals surface area contributed by atoms with E-state index in [0.29, 0.717) is 18.6 Å². The number of likely N-dealkylation sites (tertiary alicyclic amines) is 1. The minimum atomic E-state index is -0.287. The van der Waals surface area contributed by atoms with Gasteiger partial charge in [-0.25, -0.2) is 4.39 Å². The first kappa shape index (κ1) is 14.8. The average molecular weight is 302 g/mol. The third-order valence-corrected chi connectivity index (χ3v) is 4.07. The van der Waals surface area contributed by atoms with E-state index in [4.69, 9.17) is 4.52 Å². The smallest absolute Gasteiger partial charge is 0.222 e. The van der Waals surface area contributed by atoms with Crippen LogP contribution >= 0.6 is 0 Å². The van der Waals surface area contributed by atoms with Crippen molar-refractivity contribution < 1.29 is 13.7 Å². The summed E-state index contributed by atoms with van der Waals surface area (Å²) in [5, 5.41) is 3.82. The number of halogens is 1. The molecule has 0 saturated carbocycles. The summed E-state index contributed by atoms with van der Waals surface area (Å²) in [5.74, 6) is 0.516. The highest BCUT2D eigenvalue weighted by Gasteiger charge is 2.18. The molecular formula is C17H19FN2O2. The van der Waals surface area contributed by atoms with Crippen LogP contribution in [-0.4, -0.2) is 29.1 Å². The number of benzene rings is 1. The first-order chi connectivity index (χ1) is 10.7. The van der Waals surface area contributed by atoms with Crippen LogP contribution in [0.3, 0.4) is 0 Å². The van der Waals surface area contributed by atoms with Gasteiger partial charge in [0.2, 0.25) is 5.91 Å². The highest BCUT2D eigenvalue weighted by atomic mass is 19.1. The molecule has 5 heteroatoms. The number of carbonyl (C=O) groups is 1. The minimum Gasteiger partial charge on any atom is -0.356 e. The van der Waals surface area contributed by atoms with Crippen LogP contribution in [0.5, 0.6) is 0 Å². The summed E-state index contributed by atoms with van der Waals surface area (Å²) in [6.07, 6.45) is 6.09. The molecule has 1 amide bonds. The van der Waals surface area contributed by atoms with Crippen molar-refractivity contribution in [2.24, 2.45) is 0 Å². The van der Waals surface area contributed by atoms with Crippen molar-refractivity contribution in [1.29, 1.82) is 0 Å². The van der Waals surface area contributed by atoms with Gasteiger partial charge in [0, 0.05) is 30.6 Å². The van der Waals surface area contributed by atoms with E-state index in [0.717, 1.165) is 37.1 Å². The van der Waals surface area contributed by atoms with E-state index >= 15 is 0 Å². The van der Waals surface area contributed by atoms with Crippen molar-refractivity contribution in [3.05, 3.63) is 41.8 Å². The van der Waals surface area contributed by atoms with Gasteiger partial charge in [0.05, 0.1) is 6.20 Å². The van der Waals surface area contributed by atoms with E-state index in [1.807, 2.05) is 4.90 Å². The molecule has 0 N–H and O–H groups in total. The van der Waals surface area contributed by atoms with Gasteiger partial charge >= 0.3 is 0 Å². The Morgan fingerprint density at radius 2 is 1.91 bits per heavy atom. The fourth-order valence-corrected chi connectivity index (χ4v) is 2.82. The Balaban J connectivity index is 1.65. The topological polar surface area (TPSA) is 46.3 Å². The summed E-state index contributed by atoms with van der Waals surface area (Å²) in [5.41, 5.74) is 1.66. The quantitative estimate of drug-likeness (QED) is 0.869.